The zero-order valence-corrected chi connectivity index (χ0v) is 13.4. The molecular weight excluding hydrogens is 308 g/mol. The zero-order chi connectivity index (χ0) is 17.4. The van der Waals surface area contributed by atoms with Crippen LogP contribution in [0.3, 0.4) is 0 Å². The molecule has 2 atom stereocenters. The Morgan fingerprint density at radius 3 is 2.96 bits per heavy atom. The number of benzene rings is 1. The lowest BCUT2D eigenvalue weighted by Crippen LogP contribution is -2.34. The van der Waals surface area contributed by atoms with Gasteiger partial charge in [-0.25, -0.2) is 0 Å². The molecule has 1 heterocycles. The molecule has 0 spiro atoms. The van der Waals surface area contributed by atoms with Crippen molar-refractivity contribution in [3.05, 3.63) is 54.0 Å². The van der Waals surface area contributed by atoms with Crippen LogP contribution in [0.1, 0.15) is 30.8 Å². The van der Waals surface area contributed by atoms with Gasteiger partial charge in [0.15, 0.2) is 6.61 Å². The first-order valence-corrected chi connectivity index (χ1v) is 7.68. The van der Waals surface area contributed by atoms with Gasteiger partial charge in [0, 0.05) is 12.5 Å². The second-order valence-corrected chi connectivity index (χ2v) is 5.51. The first-order chi connectivity index (χ1) is 11.6. The highest BCUT2D eigenvalue weighted by atomic mass is 16.5. The maximum absolute atomic E-state index is 12.1. The third kappa shape index (κ3) is 5.45. The largest absolute Gasteiger partial charge is 0.479 e. The lowest BCUT2D eigenvalue weighted by molar-refractivity contribution is -0.121. The van der Waals surface area contributed by atoms with E-state index < -0.39 is 6.10 Å². The van der Waals surface area contributed by atoms with Crippen LogP contribution in [0.4, 0.5) is 0 Å². The molecule has 1 amide bonds. The molecule has 24 heavy (non-hydrogen) atoms. The summed E-state index contributed by atoms with van der Waals surface area (Å²) < 4.78 is 10.4. The van der Waals surface area contributed by atoms with Gasteiger partial charge in [0.2, 0.25) is 5.91 Å². The quantitative estimate of drug-likeness (QED) is 0.775. The fraction of sp³-hybridized carbons (Fsp3) is 0.333. The van der Waals surface area contributed by atoms with Crippen LogP contribution < -0.4 is 10.1 Å². The smallest absolute Gasteiger partial charge is 0.224 e. The predicted molar refractivity (Wildman–Crippen MR) is 87.1 cm³/mol. The third-order valence-corrected chi connectivity index (χ3v) is 3.42. The van der Waals surface area contributed by atoms with E-state index in [1.54, 1.807) is 30.3 Å². The summed E-state index contributed by atoms with van der Waals surface area (Å²) >= 11 is 0. The van der Waals surface area contributed by atoms with E-state index >= 15 is 0 Å². The average Bonchev–Trinajstić information content (AvgIpc) is 3.07. The van der Waals surface area contributed by atoms with E-state index in [0.717, 1.165) is 5.56 Å². The highest BCUT2D eigenvalue weighted by Crippen LogP contribution is 2.18. The van der Waals surface area contributed by atoms with Crippen LogP contribution >= 0.6 is 0 Å². The number of furan rings is 1. The Kier molecular flexibility index (Phi) is 6.41. The third-order valence-electron chi connectivity index (χ3n) is 3.42. The highest BCUT2D eigenvalue weighted by molar-refractivity contribution is 5.78. The monoisotopic (exact) mass is 328 g/mol. The number of nitrogens with one attached hydrogen (secondary N) is 1. The van der Waals surface area contributed by atoms with Crippen LogP contribution in [0.2, 0.25) is 0 Å². The Labute approximate surface area is 140 Å². The van der Waals surface area contributed by atoms with Crippen molar-refractivity contribution in [3.8, 4) is 11.8 Å². The van der Waals surface area contributed by atoms with Crippen molar-refractivity contribution in [1.82, 2.24) is 5.32 Å². The molecule has 0 radical (unpaired) electrons. The zero-order valence-electron chi connectivity index (χ0n) is 13.4. The summed E-state index contributed by atoms with van der Waals surface area (Å²) in [6, 6.07) is 12.2. The Hall–Kier alpha value is -2.78. The van der Waals surface area contributed by atoms with Gasteiger partial charge in [-0.05, 0) is 36.8 Å². The van der Waals surface area contributed by atoms with Crippen molar-refractivity contribution >= 4 is 5.91 Å². The lowest BCUT2D eigenvalue weighted by Gasteiger charge is -2.17. The molecule has 126 valence electrons. The number of rotatable bonds is 8. The van der Waals surface area contributed by atoms with Crippen molar-refractivity contribution in [2.75, 3.05) is 6.61 Å². The van der Waals surface area contributed by atoms with E-state index in [-0.39, 0.29) is 25.0 Å². The van der Waals surface area contributed by atoms with Gasteiger partial charge in [0.25, 0.3) is 0 Å². The van der Waals surface area contributed by atoms with E-state index in [4.69, 9.17) is 14.4 Å². The fourth-order valence-corrected chi connectivity index (χ4v) is 2.36. The van der Waals surface area contributed by atoms with Gasteiger partial charge in [-0.1, -0.05) is 12.1 Å². The van der Waals surface area contributed by atoms with E-state index in [2.05, 4.69) is 5.32 Å². The van der Waals surface area contributed by atoms with Crippen LogP contribution in [-0.2, 0) is 11.2 Å². The summed E-state index contributed by atoms with van der Waals surface area (Å²) in [6.07, 6.45) is 1.32. The Bertz CT molecular complexity index is 691. The van der Waals surface area contributed by atoms with E-state index in [0.29, 0.717) is 17.9 Å². The van der Waals surface area contributed by atoms with Crippen LogP contribution in [0.5, 0.6) is 5.75 Å². The van der Waals surface area contributed by atoms with Gasteiger partial charge >= 0.3 is 0 Å². The maximum atomic E-state index is 12.1. The van der Waals surface area contributed by atoms with E-state index in [1.807, 2.05) is 19.1 Å². The summed E-state index contributed by atoms with van der Waals surface area (Å²) in [5, 5.41) is 21.4. The van der Waals surface area contributed by atoms with Crippen molar-refractivity contribution in [3.63, 3.8) is 0 Å². The maximum Gasteiger partial charge on any atom is 0.224 e. The SMILES string of the molecule is CC(CC(O)c1ccco1)NC(=O)Cc1cccc(OCC#N)c1. The first kappa shape index (κ1) is 17.6. The van der Waals surface area contributed by atoms with Crippen molar-refractivity contribution in [1.29, 1.82) is 5.26 Å². The molecule has 2 N–H and O–H groups in total. The average molecular weight is 328 g/mol. The summed E-state index contributed by atoms with van der Waals surface area (Å²) in [4.78, 5) is 12.1. The Balaban J connectivity index is 1.83. The first-order valence-electron chi connectivity index (χ1n) is 7.68. The van der Waals surface area contributed by atoms with Gasteiger partial charge in [0.05, 0.1) is 12.7 Å². The summed E-state index contributed by atoms with van der Waals surface area (Å²) in [7, 11) is 0. The molecule has 0 aliphatic heterocycles. The molecule has 0 fully saturated rings. The normalized spacial score (nSPS) is 12.9. The predicted octanol–water partition coefficient (Wildman–Crippen LogP) is 2.35. The number of aliphatic hydroxyl groups is 1. The van der Waals surface area contributed by atoms with Crippen LogP contribution in [0.25, 0.3) is 0 Å². The van der Waals surface area contributed by atoms with Crippen LogP contribution in [-0.4, -0.2) is 23.7 Å². The molecule has 0 aliphatic rings. The molecule has 0 saturated carbocycles. The molecule has 0 aliphatic carbocycles. The molecule has 6 heteroatoms. The van der Waals surface area contributed by atoms with Gasteiger partial charge in [-0.2, -0.15) is 5.26 Å². The number of nitrogens with zero attached hydrogens (tertiary/aromatic N) is 1. The van der Waals surface area contributed by atoms with E-state index in [9.17, 15) is 9.90 Å². The topological polar surface area (TPSA) is 95.5 Å². The number of amides is 1. The van der Waals surface area contributed by atoms with E-state index in [1.165, 1.54) is 6.26 Å². The summed E-state index contributed by atoms with van der Waals surface area (Å²) in [5.41, 5.74) is 0.793. The second-order valence-electron chi connectivity index (χ2n) is 5.51. The van der Waals surface area contributed by atoms with Gasteiger partial charge in [0.1, 0.15) is 23.7 Å². The number of nitriles is 1. The molecule has 2 rings (SSSR count). The molecule has 1 aromatic heterocycles. The minimum absolute atomic E-state index is 0.0304. The molecule has 6 nitrogen and oxygen atoms in total. The number of hydrogen-bond acceptors (Lipinski definition) is 5. The molecule has 0 bridgehead atoms. The minimum atomic E-state index is -0.752. The summed E-state index contributed by atoms with van der Waals surface area (Å²) in [6.45, 7) is 1.80. The van der Waals surface area contributed by atoms with Crippen LogP contribution in [0.15, 0.2) is 47.1 Å². The van der Waals surface area contributed by atoms with Crippen molar-refractivity contribution < 1.29 is 19.1 Å². The number of carbonyl (C=O) groups excluding carboxylic acids is 1. The summed E-state index contributed by atoms with van der Waals surface area (Å²) in [5.74, 6) is 0.896. The van der Waals surface area contributed by atoms with Gasteiger partial charge in [-0.3, -0.25) is 4.79 Å². The molecule has 2 unspecified atom stereocenters. The molecule has 1 aromatic carbocycles. The highest BCUT2D eigenvalue weighted by Gasteiger charge is 2.16. The Morgan fingerprint density at radius 2 is 2.25 bits per heavy atom. The Morgan fingerprint density at radius 1 is 1.42 bits per heavy atom. The molecule has 0 saturated heterocycles. The lowest BCUT2D eigenvalue weighted by atomic mass is 10.1. The minimum Gasteiger partial charge on any atom is -0.479 e. The number of aliphatic hydroxyl groups excluding tert-OH is 1. The van der Waals surface area contributed by atoms with Crippen molar-refractivity contribution in [2.45, 2.75) is 31.9 Å². The van der Waals surface area contributed by atoms with Gasteiger partial charge < -0.3 is 19.6 Å². The molecule has 2 aromatic rings. The number of carbonyl (C=O) groups is 1. The molecular formula is C18H20N2O4. The fourth-order valence-electron chi connectivity index (χ4n) is 2.36. The second kappa shape index (κ2) is 8.75. The van der Waals surface area contributed by atoms with Crippen molar-refractivity contribution in [2.24, 2.45) is 0 Å². The van der Waals surface area contributed by atoms with Crippen LogP contribution in [0, 0.1) is 11.3 Å². The number of ether oxygens (including phenoxy) is 1. The van der Waals surface area contributed by atoms with Gasteiger partial charge in [-0.15, -0.1) is 0 Å². The standard InChI is InChI=1S/C18H20N2O4/c1-13(10-16(21)17-6-3-8-24-17)20-18(22)12-14-4-2-5-15(11-14)23-9-7-19/h2-6,8,11,13,16,21H,9-10,12H2,1H3,(H,20,22). The number of hydrogen-bond donors (Lipinski definition) is 2.